The average Bonchev–Trinajstić information content (AvgIpc) is 2.48. The maximum absolute atomic E-state index is 2.41. The molecule has 0 heteroatoms. The molecule has 1 atom stereocenters. The van der Waals surface area contributed by atoms with Crippen LogP contribution in [0, 0.1) is 5.92 Å². The number of rotatable bonds is 3. The fraction of sp³-hybridized carbons (Fsp3) is 0.368. The number of fused-ring (bicyclic) bond motifs is 1. The lowest BCUT2D eigenvalue weighted by molar-refractivity contribution is 0.423. The Morgan fingerprint density at radius 2 is 1.79 bits per heavy atom. The number of benzene rings is 2. The standard InChI is InChI=1S/C19H22/c1-2-6-15-9-10-19-14-18(12-11-17(19)13-15)16-7-4-3-5-8-16/h3-5,7-8,11-12,14-15H,2,6,9-10,13H2,1H3. The zero-order valence-corrected chi connectivity index (χ0v) is 11.7. The van der Waals surface area contributed by atoms with Gasteiger partial charge < -0.3 is 0 Å². The van der Waals surface area contributed by atoms with Crippen molar-refractivity contribution in [2.75, 3.05) is 0 Å². The van der Waals surface area contributed by atoms with Gasteiger partial charge in [0.15, 0.2) is 0 Å². The molecule has 3 rings (SSSR count). The van der Waals surface area contributed by atoms with E-state index < -0.39 is 0 Å². The van der Waals surface area contributed by atoms with Crippen molar-refractivity contribution in [3.05, 3.63) is 59.7 Å². The zero-order valence-electron chi connectivity index (χ0n) is 11.7. The zero-order chi connectivity index (χ0) is 13.1. The number of aryl methyl sites for hydroxylation is 1. The first-order chi connectivity index (χ1) is 9.36. The van der Waals surface area contributed by atoms with Gasteiger partial charge in [0.25, 0.3) is 0 Å². The van der Waals surface area contributed by atoms with Crippen molar-refractivity contribution in [2.24, 2.45) is 5.92 Å². The molecule has 0 spiro atoms. The van der Waals surface area contributed by atoms with Gasteiger partial charge in [-0.1, -0.05) is 68.3 Å². The van der Waals surface area contributed by atoms with Crippen molar-refractivity contribution in [2.45, 2.75) is 39.0 Å². The van der Waals surface area contributed by atoms with Gasteiger partial charge in [-0.15, -0.1) is 0 Å². The number of hydrogen-bond donors (Lipinski definition) is 0. The van der Waals surface area contributed by atoms with Gasteiger partial charge in [-0.2, -0.15) is 0 Å². The van der Waals surface area contributed by atoms with Crippen molar-refractivity contribution in [3.8, 4) is 11.1 Å². The van der Waals surface area contributed by atoms with Crippen LogP contribution >= 0.6 is 0 Å². The van der Waals surface area contributed by atoms with Crippen LogP contribution in [0.5, 0.6) is 0 Å². The predicted molar refractivity (Wildman–Crippen MR) is 82.3 cm³/mol. The molecule has 98 valence electrons. The van der Waals surface area contributed by atoms with Crippen molar-refractivity contribution in [3.63, 3.8) is 0 Å². The van der Waals surface area contributed by atoms with Gasteiger partial charge in [-0.3, -0.25) is 0 Å². The van der Waals surface area contributed by atoms with Crippen LogP contribution in [0.4, 0.5) is 0 Å². The SMILES string of the molecule is CCCC1CCc2cc(-c3ccccc3)ccc2C1. The lowest BCUT2D eigenvalue weighted by Gasteiger charge is -2.24. The lowest BCUT2D eigenvalue weighted by atomic mass is 9.81. The Morgan fingerprint density at radius 3 is 2.58 bits per heavy atom. The van der Waals surface area contributed by atoms with Crippen LogP contribution in [0.2, 0.25) is 0 Å². The molecule has 0 nitrogen and oxygen atoms in total. The normalized spacial score (nSPS) is 18.1. The fourth-order valence-electron chi connectivity index (χ4n) is 3.30. The topological polar surface area (TPSA) is 0 Å². The second-order valence-corrected chi connectivity index (χ2v) is 5.75. The summed E-state index contributed by atoms with van der Waals surface area (Å²) in [6.45, 7) is 2.30. The van der Waals surface area contributed by atoms with Gasteiger partial charge in [0.1, 0.15) is 0 Å². The van der Waals surface area contributed by atoms with Crippen LogP contribution < -0.4 is 0 Å². The van der Waals surface area contributed by atoms with E-state index in [1.54, 1.807) is 11.1 Å². The summed E-state index contributed by atoms with van der Waals surface area (Å²) in [4.78, 5) is 0. The van der Waals surface area contributed by atoms with E-state index in [0.29, 0.717) is 0 Å². The summed E-state index contributed by atoms with van der Waals surface area (Å²) in [6.07, 6.45) is 6.64. The van der Waals surface area contributed by atoms with E-state index in [2.05, 4.69) is 55.5 Å². The molecule has 0 N–H and O–H groups in total. The molecule has 0 aliphatic heterocycles. The molecule has 0 heterocycles. The summed E-state index contributed by atoms with van der Waals surface area (Å²) in [5.41, 5.74) is 5.87. The Balaban J connectivity index is 1.86. The van der Waals surface area contributed by atoms with E-state index >= 15 is 0 Å². The fourth-order valence-corrected chi connectivity index (χ4v) is 3.30. The minimum Gasteiger partial charge on any atom is -0.0654 e. The van der Waals surface area contributed by atoms with Crippen molar-refractivity contribution in [1.82, 2.24) is 0 Å². The van der Waals surface area contributed by atoms with Gasteiger partial charge >= 0.3 is 0 Å². The van der Waals surface area contributed by atoms with E-state index in [4.69, 9.17) is 0 Å². The molecule has 0 saturated heterocycles. The highest BCUT2D eigenvalue weighted by molar-refractivity contribution is 5.65. The predicted octanol–water partition coefficient (Wildman–Crippen LogP) is 5.26. The molecular formula is C19H22. The molecule has 2 aromatic rings. The Kier molecular flexibility index (Phi) is 3.68. The summed E-state index contributed by atoms with van der Waals surface area (Å²) in [7, 11) is 0. The summed E-state index contributed by atoms with van der Waals surface area (Å²) in [6, 6.07) is 17.8. The third-order valence-electron chi connectivity index (χ3n) is 4.34. The van der Waals surface area contributed by atoms with Gasteiger partial charge in [0, 0.05) is 0 Å². The van der Waals surface area contributed by atoms with Crippen molar-refractivity contribution in [1.29, 1.82) is 0 Å². The second kappa shape index (κ2) is 5.61. The third-order valence-corrected chi connectivity index (χ3v) is 4.34. The van der Waals surface area contributed by atoms with Crippen molar-refractivity contribution >= 4 is 0 Å². The molecule has 0 saturated carbocycles. The Hall–Kier alpha value is -1.56. The molecular weight excluding hydrogens is 228 g/mol. The minimum absolute atomic E-state index is 0.917. The monoisotopic (exact) mass is 250 g/mol. The maximum Gasteiger partial charge on any atom is -0.0181 e. The van der Waals surface area contributed by atoms with Crippen LogP contribution in [0.15, 0.2) is 48.5 Å². The lowest BCUT2D eigenvalue weighted by Crippen LogP contribution is -2.14. The van der Waals surface area contributed by atoms with E-state index in [-0.39, 0.29) is 0 Å². The second-order valence-electron chi connectivity index (χ2n) is 5.75. The summed E-state index contributed by atoms with van der Waals surface area (Å²) in [5, 5.41) is 0. The van der Waals surface area contributed by atoms with Crippen LogP contribution in [-0.2, 0) is 12.8 Å². The Labute approximate surface area is 116 Å². The quantitative estimate of drug-likeness (QED) is 0.697. The maximum atomic E-state index is 2.41. The summed E-state index contributed by atoms with van der Waals surface area (Å²) in [5.74, 6) is 0.917. The first-order valence-corrected chi connectivity index (χ1v) is 7.54. The van der Waals surface area contributed by atoms with Crippen molar-refractivity contribution < 1.29 is 0 Å². The molecule has 0 amide bonds. The Morgan fingerprint density at radius 1 is 0.947 bits per heavy atom. The van der Waals surface area contributed by atoms with E-state index in [1.165, 1.54) is 43.2 Å². The molecule has 0 aromatic heterocycles. The van der Waals surface area contributed by atoms with E-state index in [0.717, 1.165) is 5.92 Å². The molecule has 0 fully saturated rings. The highest BCUT2D eigenvalue weighted by Crippen LogP contribution is 2.31. The van der Waals surface area contributed by atoms with Gasteiger partial charge in [0.05, 0.1) is 0 Å². The first kappa shape index (κ1) is 12.5. The largest absolute Gasteiger partial charge is 0.0654 e. The van der Waals surface area contributed by atoms with Crippen LogP contribution in [0.1, 0.15) is 37.3 Å². The van der Waals surface area contributed by atoms with Crippen LogP contribution in [0.25, 0.3) is 11.1 Å². The minimum atomic E-state index is 0.917. The van der Waals surface area contributed by atoms with Crippen LogP contribution in [0.3, 0.4) is 0 Å². The molecule has 0 radical (unpaired) electrons. The van der Waals surface area contributed by atoms with Gasteiger partial charge in [-0.05, 0) is 47.4 Å². The third kappa shape index (κ3) is 2.73. The average molecular weight is 250 g/mol. The van der Waals surface area contributed by atoms with E-state index in [9.17, 15) is 0 Å². The molecule has 1 unspecified atom stereocenters. The molecule has 1 aliphatic carbocycles. The highest BCUT2D eigenvalue weighted by atomic mass is 14.2. The summed E-state index contributed by atoms with van der Waals surface area (Å²) < 4.78 is 0. The van der Waals surface area contributed by atoms with Gasteiger partial charge in [0.2, 0.25) is 0 Å². The van der Waals surface area contributed by atoms with E-state index in [1.807, 2.05) is 0 Å². The Bertz CT molecular complexity index is 539. The number of hydrogen-bond acceptors (Lipinski definition) is 0. The molecule has 1 aliphatic rings. The van der Waals surface area contributed by atoms with Crippen LogP contribution in [-0.4, -0.2) is 0 Å². The molecule has 0 bridgehead atoms. The first-order valence-electron chi connectivity index (χ1n) is 7.54. The smallest absolute Gasteiger partial charge is 0.0181 e. The summed E-state index contributed by atoms with van der Waals surface area (Å²) >= 11 is 0. The van der Waals surface area contributed by atoms with Gasteiger partial charge in [-0.25, -0.2) is 0 Å². The molecule has 19 heavy (non-hydrogen) atoms. The highest BCUT2D eigenvalue weighted by Gasteiger charge is 2.18. The molecule has 2 aromatic carbocycles.